The van der Waals surface area contributed by atoms with Crippen LogP contribution >= 0.6 is 0 Å². The molecule has 1 aliphatic heterocycles. The lowest BCUT2D eigenvalue weighted by molar-refractivity contribution is 0.0939. The van der Waals surface area contributed by atoms with E-state index in [-0.39, 0.29) is 5.91 Å². The van der Waals surface area contributed by atoms with Crippen molar-refractivity contribution < 1.29 is 9.53 Å². The van der Waals surface area contributed by atoms with Gasteiger partial charge >= 0.3 is 0 Å². The van der Waals surface area contributed by atoms with Crippen molar-refractivity contribution in [2.45, 2.75) is 13.0 Å². The zero-order valence-electron chi connectivity index (χ0n) is 14.5. The van der Waals surface area contributed by atoms with Crippen molar-refractivity contribution in [3.8, 4) is 5.75 Å². The Balaban J connectivity index is 1.31. The summed E-state index contributed by atoms with van der Waals surface area (Å²) in [4.78, 5) is 12.4. The van der Waals surface area contributed by atoms with Crippen LogP contribution in [0.5, 0.6) is 5.75 Å². The summed E-state index contributed by atoms with van der Waals surface area (Å²) in [5.41, 5.74) is 3.00. The second-order valence-corrected chi connectivity index (χ2v) is 6.60. The number of nitrogens with one attached hydrogen (secondary N) is 1. The molecule has 0 saturated heterocycles. The van der Waals surface area contributed by atoms with Crippen LogP contribution in [0.25, 0.3) is 0 Å². The minimum atomic E-state index is -0.0468. The van der Waals surface area contributed by atoms with Gasteiger partial charge in [0, 0.05) is 30.4 Å². The van der Waals surface area contributed by atoms with Gasteiger partial charge in [0.1, 0.15) is 5.75 Å². The first-order chi connectivity index (χ1) is 12.8. The quantitative estimate of drug-likeness (QED) is 0.772. The third-order valence-electron chi connectivity index (χ3n) is 4.63. The molecule has 0 fully saturated rings. The number of hydrogen-bond donors (Lipinski definition) is 1. The van der Waals surface area contributed by atoms with E-state index < -0.39 is 0 Å². The van der Waals surface area contributed by atoms with Gasteiger partial charge in [-0.3, -0.25) is 9.48 Å². The maximum Gasteiger partial charge on any atom is 0.251 e. The average molecular weight is 347 g/mol. The molecule has 132 valence electrons. The van der Waals surface area contributed by atoms with Gasteiger partial charge in [-0.05, 0) is 41.8 Å². The topological polar surface area (TPSA) is 56.1 Å². The number of para-hydroxylation sites is 1. The van der Waals surface area contributed by atoms with Gasteiger partial charge in [0.05, 0.1) is 13.2 Å². The van der Waals surface area contributed by atoms with Crippen molar-refractivity contribution in [3.05, 3.63) is 83.7 Å². The molecule has 0 aliphatic carbocycles. The SMILES string of the molecule is O=C(NCC1COc2ccccc2C1)c1ccc(Cn2cccn2)cc1. The highest BCUT2D eigenvalue weighted by Crippen LogP contribution is 2.26. The fraction of sp³-hybridized carbons (Fsp3) is 0.238. The number of hydrogen-bond acceptors (Lipinski definition) is 3. The smallest absolute Gasteiger partial charge is 0.251 e. The van der Waals surface area contributed by atoms with E-state index in [4.69, 9.17) is 4.74 Å². The molecule has 0 radical (unpaired) electrons. The van der Waals surface area contributed by atoms with E-state index in [1.54, 1.807) is 6.20 Å². The number of benzene rings is 2. The Bertz CT molecular complexity index is 873. The molecule has 3 aromatic rings. The fourth-order valence-electron chi connectivity index (χ4n) is 3.20. The largest absolute Gasteiger partial charge is 0.493 e. The molecule has 26 heavy (non-hydrogen) atoms. The highest BCUT2D eigenvalue weighted by Gasteiger charge is 2.20. The van der Waals surface area contributed by atoms with Gasteiger partial charge < -0.3 is 10.1 Å². The summed E-state index contributed by atoms with van der Waals surface area (Å²) in [6.45, 7) is 1.95. The van der Waals surface area contributed by atoms with E-state index in [9.17, 15) is 4.79 Å². The van der Waals surface area contributed by atoms with Crippen LogP contribution in [-0.2, 0) is 13.0 Å². The molecule has 5 heteroatoms. The number of nitrogens with zero attached hydrogens (tertiary/aromatic N) is 2. The molecule has 0 saturated carbocycles. The van der Waals surface area contributed by atoms with E-state index in [1.165, 1.54) is 5.56 Å². The van der Waals surface area contributed by atoms with Gasteiger partial charge in [-0.2, -0.15) is 5.10 Å². The normalized spacial score (nSPS) is 15.8. The molecule has 1 N–H and O–H groups in total. The van der Waals surface area contributed by atoms with Crippen molar-refractivity contribution in [2.24, 2.45) is 5.92 Å². The van der Waals surface area contributed by atoms with E-state index >= 15 is 0 Å². The van der Waals surface area contributed by atoms with Crippen LogP contribution < -0.4 is 10.1 Å². The lowest BCUT2D eigenvalue weighted by Crippen LogP contribution is -2.34. The maximum atomic E-state index is 12.4. The van der Waals surface area contributed by atoms with Gasteiger partial charge in [-0.15, -0.1) is 0 Å². The standard InChI is InChI=1S/C21H21N3O2/c25-21(18-8-6-16(7-9-18)14-24-11-3-10-23-24)22-13-17-12-19-4-1-2-5-20(19)26-15-17/h1-11,17H,12-15H2,(H,22,25). The van der Waals surface area contributed by atoms with Gasteiger partial charge in [0.2, 0.25) is 0 Å². The molecule has 0 bridgehead atoms. The van der Waals surface area contributed by atoms with Crippen molar-refractivity contribution in [1.82, 2.24) is 15.1 Å². The number of carbonyl (C=O) groups excluding carboxylic acids is 1. The number of amides is 1. The molecule has 5 nitrogen and oxygen atoms in total. The number of rotatable bonds is 5. The molecular weight excluding hydrogens is 326 g/mol. The minimum Gasteiger partial charge on any atom is -0.493 e. The Morgan fingerprint density at radius 1 is 1.15 bits per heavy atom. The Labute approximate surface area is 152 Å². The number of fused-ring (bicyclic) bond motifs is 1. The highest BCUT2D eigenvalue weighted by molar-refractivity contribution is 5.94. The molecule has 1 amide bonds. The van der Waals surface area contributed by atoms with Crippen LogP contribution in [0.3, 0.4) is 0 Å². The predicted molar refractivity (Wildman–Crippen MR) is 99.2 cm³/mol. The molecule has 0 spiro atoms. The summed E-state index contributed by atoms with van der Waals surface area (Å²) in [6, 6.07) is 17.6. The number of aromatic nitrogens is 2. The molecule has 1 unspecified atom stereocenters. The molecule has 1 aromatic heterocycles. The summed E-state index contributed by atoms with van der Waals surface area (Å²) in [6.07, 6.45) is 4.61. The van der Waals surface area contributed by atoms with Gasteiger partial charge in [0.25, 0.3) is 5.91 Å². The summed E-state index contributed by atoms with van der Waals surface area (Å²) >= 11 is 0. The van der Waals surface area contributed by atoms with Crippen molar-refractivity contribution in [3.63, 3.8) is 0 Å². The maximum absolute atomic E-state index is 12.4. The lowest BCUT2D eigenvalue weighted by atomic mass is 9.96. The van der Waals surface area contributed by atoms with Gasteiger partial charge in [-0.25, -0.2) is 0 Å². The average Bonchev–Trinajstić information content (AvgIpc) is 3.19. The van der Waals surface area contributed by atoms with E-state index in [0.717, 1.165) is 17.7 Å². The van der Waals surface area contributed by atoms with Crippen LogP contribution in [0, 0.1) is 5.92 Å². The summed E-state index contributed by atoms with van der Waals surface area (Å²) < 4.78 is 7.64. The number of ether oxygens (including phenoxy) is 1. The second kappa shape index (κ2) is 7.44. The molecule has 1 aliphatic rings. The van der Waals surface area contributed by atoms with E-state index in [2.05, 4.69) is 16.5 Å². The molecule has 2 heterocycles. The Morgan fingerprint density at radius 2 is 2.00 bits per heavy atom. The highest BCUT2D eigenvalue weighted by atomic mass is 16.5. The second-order valence-electron chi connectivity index (χ2n) is 6.60. The van der Waals surface area contributed by atoms with Gasteiger partial charge in [0.15, 0.2) is 0 Å². The van der Waals surface area contributed by atoms with Gasteiger partial charge in [-0.1, -0.05) is 30.3 Å². The third kappa shape index (κ3) is 3.77. The van der Waals surface area contributed by atoms with Crippen LogP contribution in [0.4, 0.5) is 0 Å². The lowest BCUT2D eigenvalue weighted by Gasteiger charge is -2.25. The molecule has 1 atom stereocenters. The monoisotopic (exact) mass is 347 g/mol. The molecule has 2 aromatic carbocycles. The van der Waals surface area contributed by atoms with Crippen LogP contribution in [0.15, 0.2) is 67.0 Å². The minimum absolute atomic E-state index is 0.0468. The first-order valence-electron chi connectivity index (χ1n) is 8.83. The molecular formula is C21H21N3O2. The summed E-state index contributed by atoms with van der Waals surface area (Å²) in [5, 5.41) is 7.22. The molecule has 4 rings (SSSR count). The predicted octanol–water partition coefficient (Wildman–Crippen LogP) is 2.91. The first-order valence-corrected chi connectivity index (χ1v) is 8.83. The zero-order valence-corrected chi connectivity index (χ0v) is 14.5. The Kier molecular flexibility index (Phi) is 4.69. The Hall–Kier alpha value is -3.08. The van der Waals surface area contributed by atoms with Crippen molar-refractivity contribution >= 4 is 5.91 Å². The first kappa shape index (κ1) is 16.4. The van der Waals surface area contributed by atoms with Crippen molar-refractivity contribution in [2.75, 3.05) is 13.2 Å². The number of carbonyl (C=O) groups is 1. The van der Waals surface area contributed by atoms with Crippen LogP contribution in [0.1, 0.15) is 21.5 Å². The fourth-order valence-corrected chi connectivity index (χ4v) is 3.20. The Morgan fingerprint density at radius 3 is 2.81 bits per heavy atom. The third-order valence-corrected chi connectivity index (χ3v) is 4.63. The van der Waals surface area contributed by atoms with E-state index in [1.807, 2.05) is 59.4 Å². The van der Waals surface area contributed by atoms with Crippen LogP contribution in [0.2, 0.25) is 0 Å². The van der Waals surface area contributed by atoms with E-state index in [0.29, 0.717) is 31.2 Å². The zero-order chi connectivity index (χ0) is 17.8. The van der Waals surface area contributed by atoms with Crippen LogP contribution in [-0.4, -0.2) is 28.8 Å². The summed E-state index contributed by atoms with van der Waals surface area (Å²) in [7, 11) is 0. The van der Waals surface area contributed by atoms with Crippen molar-refractivity contribution in [1.29, 1.82) is 0 Å². The summed E-state index contributed by atoms with van der Waals surface area (Å²) in [5.74, 6) is 1.21.